The third-order valence-electron chi connectivity index (χ3n) is 1.83. The molecule has 0 fully saturated rings. The van der Waals surface area contributed by atoms with Gasteiger partial charge in [0.1, 0.15) is 11.6 Å². The minimum atomic E-state index is -0.438. The molecule has 1 N–H and O–H groups in total. The lowest BCUT2D eigenvalue weighted by Gasteiger charge is -2.10. The normalized spacial score (nSPS) is 11.0. The fourth-order valence-electron chi connectivity index (χ4n) is 1.04. The van der Waals surface area contributed by atoms with E-state index in [1.165, 1.54) is 0 Å². The standard InChI is InChI=1S/C10H12BrF2N/c1-6(2)14-5-7-8(12)3-4-9(13)10(7)11/h3-4,6,14H,5H2,1-2H3. The Morgan fingerprint density at radius 2 is 1.86 bits per heavy atom. The zero-order valence-electron chi connectivity index (χ0n) is 8.07. The molecular weight excluding hydrogens is 252 g/mol. The molecule has 1 aromatic rings. The summed E-state index contributed by atoms with van der Waals surface area (Å²) in [6.07, 6.45) is 0. The highest BCUT2D eigenvalue weighted by Crippen LogP contribution is 2.23. The van der Waals surface area contributed by atoms with E-state index in [0.717, 1.165) is 12.1 Å². The molecule has 0 saturated carbocycles. The molecule has 0 saturated heterocycles. The average Bonchev–Trinajstić information content (AvgIpc) is 2.11. The average molecular weight is 264 g/mol. The van der Waals surface area contributed by atoms with Crippen LogP contribution in [0.4, 0.5) is 8.78 Å². The summed E-state index contributed by atoms with van der Waals surface area (Å²) >= 11 is 3.03. The van der Waals surface area contributed by atoms with Crippen LogP contribution < -0.4 is 5.32 Å². The lowest BCUT2D eigenvalue weighted by atomic mass is 10.2. The molecule has 0 heterocycles. The van der Waals surface area contributed by atoms with Gasteiger partial charge in [0.2, 0.25) is 0 Å². The fraction of sp³-hybridized carbons (Fsp3) is 0.400. The number of benzene rings is 1. The molecule has 0 atom stereocenters. The summed E-state index contributed by atoms with van der Waals surface area (Å²) in [6, 6.07) is 2.49. The summed E-state index contributed by atoms with van der Waals surface area (Å²) in [6.45, 7) is 4.22. The number of hydrogen-bond donors (Lipinski definition) is 1. The van der Waals surface area contributed by atoms with Crippen LogP contribution >= 0.6 is 15.9 Å². The Kier molecular flexibility index (Phi) is 4.01. The molecule has 4 heteroatoms. The van der Waals surface area contributed by atoms with E-state index >= 15 is 0 Å². The van der Waals surface area contributed by atoms with Gasteiger partial charge in [0.15, 0.2) is 0 Å². The Morgan fingerprint density at radius 3 is 2.43 bits per heavy atom. The predicted octanol–water partition coefficient (Wildman–Crippen LogP) is 3.23. The van der Waals surface area contributed by atoms with E-state index in [0.29, 0.717) is 12.1 Å². The maximum absolute atomic E-state index is 13.2. The van der Waals surface area contributed by atoms with Gasteiger partial charge in [-0.05, 0) is 28.1 Å². The van der Waals surface area contributed by atoms with E-state index in [1.807, 2.05) is 13.8 Å². The number of hydrogen-bond acceptors (Lipinski definition) is 1. The Balaban J connectivity index is 2.89. The fourth-order valence-corrected chi connectivity index (χ4v) is 1.50. The van der Waals surface area contributed by atoms with Crippen molar-refractivity contribution in [3.8, 4) is 0 Å². The lowest BCUT2D eigenvalue weighted by molar-refractivity contribution is 0.539. The second-order valence-corrected chi connectivity index (χ2v) is 4.15. The van der Waals surface area contributed by atoms with Gasteiger partial charge in [-0.15, -0.1) is 0 Å². The van der Waals surface area contributed by atoms with Crippen molar-refractivity contribution in [1.29, 1.82) is 0 Å². The van der Waals surface area contributed by atoms with Gasteiger partial charge in [-0.3, -0.25) is 0 Å². The van der Waals surface area contributed by atoms with E-state index in [1.54, 1.807) is 0 Å². The highest BCUT2D eigenvalue weighted by molar-refractivity contribution is 9.10. The van der Waals surface area contributed by atoms with Crippen molar-refractivity contribution in [2.24, 2.45) is 0 Å². The first-order valence-electron chi connectivity index (χ1n) is 4.38. The molecule has 1 aromatic carbocycles. The Hall–Kier alpha value is -0.480. The molecule has 78 valence electrons. The molecule has 0 amide bonds. The van der Waals surface area contributed by atoms with Crippen LogP contribution in [0.5, 0.6) is 0 Å². The van der Waals surface area contributed by atoms with Gasteiger partial charge in [0, 0.05) is 18.2 Å². The van der Waals surface area contributed by atoms with Crippen LogP contribution in [-0.4, -0.2) is 6.04 Å². The topological polar surface area (TPSA) is 12.0 Å². The molecule has 0 aliphatic carbocycles. The Morgan fingerprint density at radius 1 is 1.29 bits per heavy atom. The van der Waals surface area contributed by atoms with Gasteiger partial charge >= 0.3 is 0 Å². The second kappa shape index (κ2) is 4.84. The highest BCUT2D eigenvalue weighted by Gasteiger charge is 2.11. The van der Waals surface area contributed by atoms with Gasteiger partial charge in [0.05, 0.1) is 4.47 Å². The van der Waals surface area contributed by atoms with E-state index in [9.17, 15) is 8.78 Å². The molecule has 0 spiro atoms. The van der Waals surface area contributed by atoms with Crippen molar-refractivity contribution in [2.45, 2.75) is 26.4 Å². The molecule has 0 radical (unpaired) electrons. The molecule has 0 bridgehead atoms. The zero-order valence-corrected chi connectivity index (χ0v) is 9.66. The molecule has 1 nitrogen and oxygen atoms in total. The van der Waals surface area contributed by atoms with Gasteiger partial charge < -0.3 is 5.32 Å². The van der Waals surface area contributed by atoms with Crippen LogP contribution in [0.2, 0.25) is 0 Å². The van der Waals surface area contributed by atoms with Crippen LogP contribution in [0.1, 0.15) is 19.4 Å². The molecular formula is C10H12BrF2N. The van der Waals surface area contributed by atoms with E-state index in [4.69, 9.17) is 0 Å². The molecule has 0 unspecified atom stereocenters. The number of rotatable bonds is 3. The number of nitrogens with one attached hydrogen (secondary N) is 1. The largest absolute Gasteiger partial charge is 0.310 e. The minimum absolute atomic E-state index is 0.200. The summed E-state index contributed by atoms with van der Waals surface area (Å²) < 4.78 is 26.5. The summed E-state index contributed by atoms with van der Waals surface area (Å²) in [5.74, 6) is -0.835. The first-order valence-corrected chi connectivity index (χ1v) is 5.17. The summed E-state index contributed by atoms with van der Waals surface area (Å²) in [4.78, 5) is 0. The van der Waals surface area contributed by atoms with Crippen LogP contribution in [0.25, 0.3) is 0 Å². The van der Waals surface area contributed by atoms with Crippen LogP contribution in [0, 0.1) is 11.6 Å². The van der Waals surface area contributed by atoms with Crippen molar-refractivity contribution in [3.63, 3.8) is 0 Å². The highest BCUT2D eigenvalue weighted by atomic mass is 79.9. The third kappa shape index (κ3) is 2.75. The third-order valence-corrected chi connectivity index (χ3v) is 2.68. The predicted molar refractivity (Wildman–Crippen MR) is 56.0 cm³/mol. The molecule has 0 aromatic heterocycles. The van der Waals surface area contributed by atoms with Crippen LogP contribution in [0.3, 0.4) is 0 Å². The molecule has 14 heavy (non-hydrogen) atoms. The molecule has 0 aliphatic heterocycles. The first kappa shape index (κ1) is 11.6. The van der Waals surface area contributed by atoms with Crippen molar-refractivity contribution in [1.82, 2.24) is 5.32 Å². The van der Waals surface area contributed by atoms with E-state index in [-0.39, 0.29) is 10.5 Å². The van der Waals surface area contributed by atoms with Crippen molar-refractivity contribution < 1.29 is 8.78 Å². The molecule has 1 rings (SSSR count). The molecule has 0 aliphatic rings. The van der Waals surface area contributed by atoms with Gasteiger partial charge in [-0.2, -0.15) is 0 Å². The Labute approximate surface area is 90.6 Å². The van der Waals surface area contributed by atoms with E-state index in [2.05, 4.69) is 21.2 Å². The summed E-state index contributed by atoms with van der Waals surface area (Å²) in [5, 5.41) is 3.03. The lowest BCUT2D eigenvalue weighted by Crippen LogP contribution is -2.22. The second-order valence-electron chi connectivity index (χ2n) is 3.36. The summed E-state index contributed by atoms with van der Waals surface area (Å²) in [5.41, 5.74) is 0.332. The maximum atomic E-state index is 13.2. The van der Waals surface area contributed by atoms with Crippen molar-refractivity contribution in [3.05, 3.63) is 33.8 Å². The van der Waals surface area contributed by atoms with Crippen LogP contribution in [-0.2, 0) is 6.54 Å². The van der Waals surface area contributed by atoms with Gasteiger partial charge in [0.25, 0.3) is 0 Å². The van der Waals surface area contributed by atoms with Gasteiger partial charge in [-0.1, -0.05) is 13.8 Å². The smallest absolute Gasteiger partial charge is 0.137 e. The maximum Gasteiger partial charge on any atom is 0.137 e. The monoisotopic (exact) mass is 263 g/mol. The van der Waals surface area contributed by atoms with Gasteiger partial charge in [-0.25, -0.2) is 8.78 Å². The Bertz CT molecular complexity index is 326. The minimum Gasteiger partial charge on any atom is -0.310 e. The SMILES string of the molecule is CC(C)NCc1c(F)ccc(F)c1Br. The summed E-state index contributed by atoms with van der Waals surface area (Å²) in [7, 11) is 0. The van der Waals surface area contributed by atoms with Crippen molar-refractivity contribution in [2.75, 3.05) is 0 Å². The first-order chi connectivity index (χ1) is 6.52. The van der Waals surface area contributed by atoms with E-state index < -0.39 is 11.6 Å². The van der Waals surface area contributed by atoms with Crippen molar-refractivity contribution >= 4 is 15.9 Å². The zero-order chi connectivity index (χ0) is 10.7. The van der Waals surface area contributed by atoms with Crippen LogP contribution in [0.15, 0.2) is 16.6 Å². The quantitative estimate of drug-likeness (QED) is 0.826. The number of halogens is 3.